The molecule has 1 heterocycles. The van der Waals surface area contributed by atoms with Gasteiger partial charge in [-0.25, -0.2) is 14.2 Å². The van der Waals surface area contributed by atoms with Crippen LogP contribution in [0, 0.1) is 15.9 Å². The number of carbonyl (C=O) groups excluding carboxylic acids is 1. The van der Waals surface area contributed by atoms with Crippen LogP contribution in [0.25, 0.3) is 6.08 Å². The zero-order valence-corrected chi connectivity index (χ0v) is 15.3. The average molecular weight is 400 g/mol. The fraction of sp³-hybridized carbons (Fsp3) is 0.0526. The van der Waals surface area contributed by atoms with E-state index in [0.29, 0.717) is 5.56 Å². The van der Waals surface area contributed by atoms with E-state index in [-0.39, 0.29) is 32.7 Å². The molecule has 2 aromatic carbocycles. The summed E-state index contributed by atoms with van der Waals surface area (Å²) in [6.45, 7) is 0. The Labute approximate surface area is 163 Å². The molecule has 9 heteroatoms. The summed E-state index contributed by atoms with van der Waals surface area (Å²) < 4.78 is 18.6. The van der Waals surface area contributed by atoms with E-state index >= 15 is 0 Å². The van der Waals surface area contributed by atoms with Gasteiger partial charge in [0.1, 0.15) is 27.9 Å². The van der Waals surface area contributed by atoms with Crippen LogP contribution in [0.4, 0.5) is 15.8 Å². The Kier molecular flexibility index (Phi) is 5.55. The van der Waals surface area contributed by atoms with Crippen LogP contribution >= 0.6 is 11.8 Å². The number of hydrogen-bond acceptors (Lipinski definition) is 7. The molecular weight excluding hydrogens is 387 g/mol. The summed E-state index contributed by atoms with van der Waals surface area (Å²) in [5.41, 5.74) is 0.328. The van der Waals surface area contributed by atoms with Gasteiger partial charge in [0.15, 0.2) is 0 Å². The smallest absolute Gasteiger partial charge is 0.344 e. The van der Waals surface area contributed by atoms with E-state index in [0.717, 1.165) is 18.9 Å². The second kappa shape index (κ2) is 8.05. The Morgan fingerprint density at radius 1 is 1.25 bits per heavy atom. The fourth-order valence-corrected chi connectivity index (χ4v) is 3.41. The molecule has 7 nitrogen and oxygen atoms in total. The van der Waals surface area contributed by atoms with Gasteiger partial charge < -0.3 is 9.84 Å². The lowest BCUT2D eigenvalue weighted by molar-refractivity contribution is -0.384. The molecule has 0 unspecified atom stereocenters. The number of thioether (sulfide) groups is 1. The van der Waals surface area contributed by atoms with E-state index in [9.17, 15) is 24.4 Å². The molecule has 3 rings (SSSR count). The molecule has 0 saturated heterocycles. The molecule has 0 saturated carbocycles. The molecule has 2 aromatic rings. The SMILES string of the molecule is COC(=O)C1=C(O)/C(=C\c2ccc([N+](=O)[O-])cc2)SC1=Nc1ccccc1F. The lowest BCUT2D eigenvalue weighted by Gasteiger charge is -2.02. The fourth-order valence-electron chi connectivity index (χ4n) is 2.39. The van der Waals surface area contributed by atoms with Gasteiger partial charge in [-0.2, -0.15) is 0 Å². The van der Waals surface area contributed by atoms with Gasteiger partial charge in [-0.15, -0.1) is 0 Å². The minimum atomic E-state index is -0.813. The number of nitrogens with zero attached hydrogens (tertiary/aromatic N) is 2. The molecule has 0 spiro atoms. The number of rotatable bonds is 4. The van der Waals surface area contributed by atoms with Gasteiger partial charge in [-0.05, 0) is 35.9 Å². The number of carbonyl (C=O) groups is 1. The lowest BCUT2D eigenvalue weighted by Crippen LogP contribution is -2.10. The normalized spacial score (nSPS) is 16.6. The second-order valence-corrected chi connectivity index (χ2v) is 6.57. The van der Waals surface area contributed by atoms with Gasteiger partial charge in [0.2, 0.25) is 0 Å². The number of hydrogen-bond donors (Lipinski definition) is 1. The predicted octanol–water partition coefficient (Wildman–Crippen LogP) is 4.54. The number of aliphatic hydroxyl groups is 1. The Hall–Kier alpha value is -3.46. The van der Waals surface area contributed by atoms with Gasteiger partial charge in [-0.1, -0.05) is 23.9 Å². The van der Waals surface area contributed by atoms with Crippen molar-refractivity contribution in [3.8, 4) is 0 Å². The molecule has 0 atom stereocenters. The zero-order chi connectivity index (χ0) is 20.3. The quantitative estimate of drug-likeness (QED) is 0.459. The first kappa shape index (κ1) is 19.3. The summed E-state index contributed by atoms with van der Waals surface area (Å²) in [6, 6.07) is 11.4. The van der Waals surface area contributed by atoms with Crippen LogP contribution < -0.4 is 0 Å². The van der Waals surface area contributed by atoms with Crippen LogP contribution in [0.2, 0.25) is 0 Å². The lowest BCUT2D eigenvalue weighted by atomic mass is 10.1. The van der Waals surface area contributed by atoms with Crippen LogP contribution in [0.1, 0.15) is 5.56 Å². The molecule has 142 valence electrons. The van der Waals surface area contributed by atoms with E-state index in [1.807, 2.05) is 0 Å². The van der Waals surface area contributed by atoms with Gasteiger partial charge in [0.05, 0.1) is 16.9 Å². The number of para-hydroxylation sites is 1. The first-order chi connectivity index (χ1) is 13.4. The number of ether oxygens (including phenoxy) is 1. The first-order valence-electron chi connectivity index (χ1n) is 7.90. The number of methoxy groups -OCH3 is 1. The molecule has 0 aromatic heterocycles. The summed E-state index contributed by atoms with van der Waals surface area (Å²) >= 11 is 0.965. The number of halogens is 1. The van der Waals surface area contributed by atoms with Gasteiger partial charge in [-0.3, -0.25) is 10.1 Å². The third-order valence-corrected chi connectivity index (χ3v) is 4.78. The minimum absolute atomic E-state index is 0.00999. The highest BCUT2D eigenvalue weighted by atomic mass is 32.2. The summed E-state index contributed by atoms with van der Waals surface area (Å²) in [4.78, 5) is 26.7. The van der Waals surface area contributed by atoms with Crippen LogP contribution in [-0.2, 0) is 9.53 Å². The van der Waals surface area contributed by atoms with E-state index < -0.39 is 16.7 Å². The summed E-state index contributed by atoms with van der Waals surface area (Å²) in [6.07, 6.45) is 1.54. The van der Waals surface area contributed by atoms with Gasteiger partial charge in [0, 0.05) is 12.1 Å². The van der Waals surface area contributed by atoms with E-state index in [2.05, 4.69) is 4.99 Å². The van der Waals surface area contributed by atoms with Crippen LogP contribution in [0.15, 0.2) is 69.8 Å². The Morgan fingerprint density at radius 3 is 2.54 bits per heavy atom. The standard InChI is InChI=1S/C19H13FN2O5S/c1-27-19(24)16-17(23)15(10-11-6-8-12(9-7-11)22(25)26)28-18(16)21-14-5-3-2-4-13(14)20/h2-10,23H,1H3/b15-10+,21-18?. The number of esters is 1. The Balaban J connectivity index is 2.02. The van der Waals surface area contributed by atoms with Crippen LogP contribution in [-0.4, -0.2) is 28.2 Å². The summed E-state index contributed by atoms with van der Waals surface area (Å²) in [5, 5.41) is 21.3. The molecule has 1 N–H and O–H groups in total. The maximum absolute atomic E-state index is 13.9. The highest BCUT2D eigenvalue weighted by molar-refractivity contribution is 8.18. The van der Waals surface area contributed by atoms with Crippen molar-refractivity contribution in [2.75, 3.05) is 7.11 Å². The number of benzene rings is 2. The second-order valence-electron chi connectivity index (χ2n) is 5.54. The monoisotopic (exact) mass is 400 g/mol. The largest absolute Gasteiger partial charge is 0.506 e. The van der Waals surface area contributed by atoms with Crippen molar-refractivity contribution in [3.63, 3.8) is 0 Å². The van der Waals surface area contributed by atoms with E-state index in [4.69, 9.17) is 4.74 Å². The summed E-state index contributed by atoms with van der Waals surface area (Å²) in [5.74, 6) is -1.75. The molecule has 1 aliphatic rings. The van der Waals surface area contributed by atoms with E-state index in [1.54, 1.807) is 6.07 Å². The van der Waals surface area contributed by atoms with Crippen molar-refractivity contribution in [2.45, 2.75) is 0 Å². The van der Waals surface area contributed by atoms with Gasteiger partial charge in [0.25, 0.3) is 5.69 Å². The molecular formula is C19H13FN2O5S. The predicted molar refractivity (Wildman–Crippen MR) is 104 cm³/mol. The highest BCUT2D eigenvalue weighted by Gasteiger charge is 2.33. The highest BCUT2D eigenvalue weighted by Crippen LogP contribution is 2.40. The van der Waals surface area contributed by atoms with Crippen molar-refractivity contribution >= 4 is 40.2 Å². The molecule has 0 radical (unpaired) electrons. The zero-order valence-electron chi connectivity index (χ0n) is 14.5. The number of nitro groups is 1. The van der Waals surface area contributed by atoms with Crippen molar-refractivity contribution in [2.24, 2.45) is 4.99 Å². The van der Waals surface area contributed by atoms with Crippen LogP contribution in [0.3, 0.4) is 0 Å². The topological polar surface area (TPSA) is 102 Å². The third kappa shape index (κ3) is 3.94. The molecule has 0 aliphatic carbocycles. The summed E-state index contributed by atoms with van der Waals surface area (Å²) in [7, 11) is 1.16. The van der Waals surface area contributed by atoms with Crippen molar-refractivity contribution < 1.29 is 24.0 Å². The van der Waals surface area contributed by atoms with Crippen molar-refractivity contribution in [1.82, 2.24) is 0 Å². The maximum atomic E-state index is 13.9. The Morgan fingerprint density at radius 2 is 1.93 bits per heavy atom. The maximum Gasteiger partial charge on any atom is 0.344 e. The van der Waals surface area contributed by atoms with E-state index in [1.165, 1.54) is 48.5 Å². The molecule has 1 aliphatic heterocycles. The van der Waals surface area contributed by atoms with Crippen molar-refractivity contribution in [3.05, 3.63) is 86.3 Å². The van der Waals surface area contributed by atoms with Crippen LogP contribution in [0.5, 0.6) is 0 Å². The first-order valence-corrected chi connectivity index (χ1v) is 8.72. The number of aliphatic imine (C=N–C) groups is 1. The number of non-ortho nitro benzene ring substituents is 1. The molecule has 0 fully saturated rings. The minimum Gasteiger partial charge on any atom is -0.506 e. The van der Waals surface area contributed by atoms with Crippen molar-refractivity contribution in [1.29, 1.82) is 0 Å². The average Bonchev–Trinajstić information content (AvgIpc) is 2.98. The number of aliphatic hydroxyl groups excluding tert-OH is 1. The molecule has 0 bridgehead atoms. The third-order valence-electron chi connectivity index (χ3n) is 3.76. The Bertz CT molecular complexity index is 1040. The number of nitro benzene ring substituents is 1. The molecule has 28 heavy (non-hydrogen) atoms. The van der Waals surface area contributed by atoms with Gasteiger partial charge >= 0.3 is 5.97 Å². The molecule has 0 amide bonds.